The fourth-order valence-electron chi connectivity index (χ4n) is 2.27. The zero-order chi connectivity index (χ0) is 13.1. The van der Waals surface area contributed by atoms with Crippen molar-refractivity contribution in [2.24, 2.45) is 0 Å². The first-order valence-corrected chi connectivity index (χ1v) is 6.17. The van der Waals surface area contributed by atoms with Gasteiger partial charge in [0, 0.05) is 12.6 Å². The number of nitrogens with zero attached hydrogens (tertiary/aromatic N) is 1. The molecule has 4 heteroatoms. The Kier molecular flexibility index (Phi) is 3.99. The lowest BCUT2D eigenvalue weighted by Gasteiger charge is -2.26. The van der Waals surface area contributed by atoms with Crippen molar-refractivity contribution in [1.82, 2.24) is 0 Å². The van der Waals surface area contributed by atoms with Gasteiger partial charge in [-0.15, -0.1) is 0 Å². The van der Waals surface area contributed by atoms with E-state index in [1.54, 1.807) is 11.8 Å². The van der Waals surface area contributed by atoms with Crippen molar-refractivity contribution in [2.45, 2.75) is 27.1 Å². The summed E-state index contributed by atoms with van der Waals surface area (Å²) in [5.41, 5.74) is 3.13. The molecule has 0 unspecified atom stereocenters. The molecule has 0 aromatic heterocycles. The van der Waals surface area contributed by atoms with Crippen molar-refractivity contribution >= 4 is 11.6 Å². The summed E-state index contributed by atoms with van der Waals surface area (Å²) >= 11 is 0. The van der Waals surface area contributed by atoms with Gasteiger partial charge in [0.15, 0.2) is 6.29 Å². The lowest BCUT2D eigenvalue weighted by Crippen LogP contribution is -2.37. The number of carbonyl (C=O) groups is 1. The first kappa shape index (κ1) is 13.1. The Bertz CT molecular complexity index is 418. The van der Waals surface area contributed by atoms with Crippen LogP contribution in [-0.4, -0.2) is 32.0 Å². The maximum Gasteiger partial charge on any atom is 0.224 e. The predicted octanol–water partition coefficient (Wildman–Crippen LogP) is 2.03. The molecule has 1 amide bonds. The Morgan fingerprint density at radius 1 is 1.28 bits per heavy atom. The fraction of sp³-hybridized carbons (Fsp3) is 0.500. The number of hydrogen-bond acceptors (Lipinski definition) is 3. The normalized spacial score (nSPS) is 15.9. The van der Waals surface area contributed by atoms with Gasteiger partial charge in [-0.2, -0.15) is 0 Å². The van der Waals surface area contributed by atoms with Gasteiger partial charge in [0.25, 0.3) is 0 Å². The molecular formula is C14H19NO3. The summed E-state index contributed by atoms with van der Waals surface area (Å²) in [6, 6.07) is 6.01. The van der Waals surface area contributed by atoms with E-state index >= 15 is 0 Å². The smallest absolute Gasteiger partial charge is 0.224 e. The molecule has 0 saturated carbocycles. The molecule has 0 N–H and O–H groups in total. The Balaban J connectivity index is 2.26. The Labute approximate surface area is 107 Å². The Morgan fingerprint density at radius 3 is 2.33 bits per heavy atom. The average Bonchev–Trinajstić information content (AvgIpc) is 2.80. The van der Waals surface area contributed by atoms with Crippen LogP contribution in [0.1, 0.15) is 18.1 Å². The molecule has 0 radical (unpaired) electrons. The van der Waals surface area contributed by atoms with Gasteiger partial charge in [-0.1, -0.05) is 18.2 Å². The molecular weight excluding hydrogens is 230 g/mol. The summed E-state index contributed by atoms with van der Waals surface area (Å²) in [7, 11) is 0. The van der Waals surface area contributed by atoms with Gasteiger partial charge in [-0.25, -0.2) is 0 Å². The first-order valence-electron chi connectivity index (χ1n) is 6.17. The molecule has 0 bridgehead atoms. The van der Waals surface area contributed by atoms with E-state index in [0.29, 0.717) is 19.8 Å². The lowest BCUT2D eigenvalue weighted by atomic mass is 10.1. The maximum atomic E-state index is 11.9. The van der Waals surface area contributed by atoms with Crippen molar-refractivity contribution in [3.63, 3.8) is 0 Å². The first-order chi connectivity index (χ1) is 8.59. The molecule has 1 saturated heterocycles. The van der Waals surface area contributed by atoms with Gasteiger partial charge in [-0.05, 0) is 25.0 Å². The highest BCUT2D eigenvalue weighted by atomic mass is 16.7. The standard InChI is InChI=1S/C14H19NO3/c1-10-5-4-6-11(2)14(10)15(12(3)16)9-13-17-7-8-18-13/h4-6,13H,7-9H2,1-3H3. The summed E-state index contributed by atoms with van der Waals surface area (Å²) in [6.07, 6.45) is -0.312. The summed E-state index contributed by atoms with van der Waals surface area (Å²) in [5, 5.41) is 0. The van der Waals surface area contributed by atoms with Crippen molar-refractivity contribution in [3.05, 3.63) is 29.3 Å². The number of carbonyl (C=O) groups excluding carboxylic acids is 1. The molecule has 0 atom stereocenters. The molecule has 0 aliphatic carbocycles. The molecule has 1 aliphatic heterocycles. The van der Waals surface area contributed by atoms with E-state index in [4.69, 9.17) is 9.47 Å². The largest absolute Gasteiger partial charge is 0.348 e. The zero-order valence-electron chi connectivity index (χ0n) is 11.1. The molecule has 1 aliphatic rings. The van der Waals surface area contributed by atoms with Gasteiger partial charge >= 0.3 is 0 Å². The van der Waals surface area contributed by atoms with Gasteiger partial charge in [0.1, 0.15) is 0 Å². The summed E-state index contributed by atoms with van der Waals surface area (Å²) in [5.74, 6) is 0.00602. The van der Waals surface area contributed by atoms with Crippen LogP contribution in [0, 0.1) is 13.8 Å². The second kappa shape index (κ2) is 5.50. The average molecular weight is 249 g/mol. The number of hydrogen-bond donors (Lipinski definition) is 0. The lowest BCUT2D eigenvalue weighted by molar-refractivity contribution is -0.118. The number of aryl methyl sites for hydroxylation is 2. The number of rotatable bonds is 3. The van der Waals surface area contributed by atoms with E-state index in [9.17, 15) is 4.79 Å². The highest BCUT2D eigenvalue weighted by molar-refractivity contribution is 5.93. The minimum atomic E-state index is -0.312. The van der Waals surface area contributed by atoms with E-state index < -0.39 is 0 Å². The fourth-order valence-corrected chi connectivity index (χ4v) is 2.27. The summed E-state index contributed by atoms with van der Waals surface area (Å²) < 4.78 is 10.8. The van der Waals surface area contributed by atoms with Crippen molar-refractivity contribution < 1.29 is 14.3 Å². The van der Waals surface area contributed by atoms with Crippen molar-refractivity contribution in [1.29, 1.82) is 0 Å². The highest BCUT2D eigenvalue weighted by Crippen LogP contribution is 2.25. The number of para-hydroxylation sites is 1. The monoisotopic (exact) mass is 249 g/mol. The molecule has 1 aromatic carbocycles. The Morgan fingerprint density at radius 2 is 1.83 bits per heavy atom. The van der Waals surface area contributed by atoms with Crippen LogP contribution in [0.15, 0.2) is 18.2 Å². The third kappa shape index (κ3) is 2.71. The van der Waals surface area contributed by atoms with Crippen LogP contribution < -0.4 is 4.90 Å². The summed E-state index contributed by atoms with van der Waals surface area (Å²) in [4.78, 5) is 13.6. The SMILES string of the molecule is CC(=O)N(CC1OCCO1)c1c(C)cccc1C. The van der Waals surface area contributed by atoms with E-state index in [2.05, 4.69) is 0 Å². The van der Waals surface area contributed by atoms with Crippen molar-refractivity contribution in [2.75, 3.05) is 24.7 Å². The third-order valence-corrected chi connectivity index (χ3v) is 3.11. The van der Waals surface area contributed by atoms with Crippen LogP contribution in [0.2, 0.25) is 0 Å². The highest BCUT2D eigenvalue weighted by Gasteiger charge is 2.24. The van der Waals surface area contributed by atoms with Crippen LogP contribution >= 0.6 is 0 Å². The molecule has 98 valence electrons. The van der Waals surface area contributed by atoms with Crippen molar-refractivity contribution in [3.8, 4) is 0 Å². The van der Waals surface area contributed by atoms with Gasteiger partial charge in [0.05, 0.1) is 19.8 Å². The molecule has 18 heavy (non-hydrogen) atoms. The predicted molar refractivity (Wildman–Crippen MR) is 69.6 cm³/mol. The van der Waals surface area contributed by atoms with E-state index in [-0.39, 0.29) is 12.2 Å². The zero-order valence-corrected chi connectivity index (χ0v) is 11.1. The van der Waals surface area contributed by atoms with Gasteiger partial charge in [-0.3, -0.25) is 4.79 Å². The topological polar surface area (TPSA) is 38.8 Å². The second-order valence-corrected chi connectivity index (χ2v) is 4.54. The van der Waals surface area contributed by atoms with E-state index in [1.165, 1.54) is 0 Å². The number of benzene rings is 1. The minimum Gasteiger partial charge on any atom is -0.348 e. The van der Waals surface area contributed by atoms with Crippen LogP contribution in [0.3, 0.4) is 0 Å². The van der Waals surface area contributed by atoms with Crippen LogP contribution in [-0.2, 0) is 14.3 Å². The number of anilines is 1. The maximum absolute atomic E-state index is 11.9. The van der Waals surface area contributed by atoms with E-state index in [0.717, 1.165) is 16.8 Å². The number of ether oxygens (including phenoxy) is 2. The molecule has 1 aromatic rings. The second-order valence-electron chi connectivity index (χ2n) is 4.54. The quantitative estimate of drug-likeness (QED) is 0.822. The molecule has 4 nitrogen and oxygen atoms in total. The summed E-state index contributed by atoms with van der Waals surface area (Å²) in [6.45, 7) is 7.23. The third-order valence-electron chi connectivity index (χ3n) is 3.11. The van der Waals surface area contributed by atoms with Crippen LogP contribution in [0.5, 0.6) is 0 Å². The van der Waals surface area contributed by atoms with Crippen LogP contribution in [0.25, 0.3) is 0 Å². The molecule has 2 rings (SSSR count). The Hall–Kier alpha value is -1.39. The minimum absolute atomic E-state index is 0.00602. The van der Waals surface area contributed by atoms with Gasteiger partial charge in [0.2, 0.25) is 5.91 Å². The van der Waals surface area contributed by atoms with Gasteiger partial charge < -0.3 is 14.4 Å². The molecule has 1 fully saturated rings. The van der Waals surface area contributed by atoms with E-state index in [1.807, 2.05) is 32.0 Å². The number of amides is 1. The van der Waals surface area contributed by atoms with Crippen LogP contribution in [0.4, 0.5) is 5.69 Å². The molecule has 1 heterocycles. The molecule has 0 spiro atoms.